The molecular formula is C27H41N5O7S. The monoisotopic (exact) mass is 579 g/mol. The summed E-state index contributed by atoms with van der Waals surface area (Å²) in [5.74, 6) is -0.392. The molecule has 1 aromatic carbocycles. The minimum Gasteiger partial charge on any atom is -0.444 e. The number of benzene rings is 1. The summed E-state index contributed by atoms with van der Waals surface area (Å²) in [5, 5.41) is 11.8. The number of ether oxygens (including phenoxy) is 4. The molecule has 2 aromatic rings. The minimum atomic E-state index is -0.526. The fourth-order valence-corrected chi connectivity index (χ4v) is 3.85. The maximum atomic E-state index is 12.5. The zero-order chi connectivity index (χ0) is 29.4. The Labute approximate surface area is 239 Å². The molecule has 222 valence electrons. The third-order valence-corrected chi connectivity index (χ3v) is 5.82. The van der Waals surface area contributed by atoms with E-state index in [9.17, 15) is 14.4 Å². The molecular weight excluding hydrogens is 538 g/mol. The number of hydrogen-bond acceptors (Lipinski definition) is 10. The average Bonchev–Trinajstić information content (AvgIpc) is 3.28. The van der Waals surface area contributed by atoms with Gasteiger partial charge in [-0.05, 0) is 58.4 Å². The number of aryl methyl sites for hydroxylation is 2. The summed E-state index contributed by atoms with van der Waals surface area (Å²) in [5.41, 5.74) is 1.55. The number of aromatic nitrogens is 1. The second-order valence-electron chi connectivity index (χ2n) is 9.73. The number of alkyl carbamates (subject to hydrolysis) is 1. The van der Waals surface area contributed by atoms with Gasteiger partial charge in [-0.15, -0.1) is 11.3 Å². The van der Waals surface area contributed by atoms with Gasteiger partial charge < -0.3 is 34.9 Å². The minimum absolute atomic E-state index is 0.0970. The fourth-order valence-electron chi connectivity index (χ4n) is 3.19. The van der Waals surface area contributed by atoms with Crippen molar-refractivity contribution < 1.29 is 33.3 Å². The standard InChI is InChI=1S/C27H41N5O7S/c1-19-16-21(6-7-22(19)24(34)32-25-31-17-20(2)40-25)30-18-23(33)28-8-10-36-12-14-38-15-13-37-11-9-29-26(35)39-27(3,4)5/h6-7,16-17,30H,8-15,18H2,1-5H3,(H,28,33)(H,29,35)(H,31,32,34). The highest BCUT2D eigenvalue weighted by atomic mass is 32.1. The second kappa shape index (κ2) is 17.4. The maximum absolute atomic E-state index is 12.5. The number of nitrogens with one attached hydrogen (secondary N) is 4. The molecule has 13 heteroatoms. The van der Waals surface area contributed by atoms with Gasteiger partial charge in [0.15, 0.2) is 5.13 Å². The van der Waals surface area contributed by atoms with Gasteiger partial charge in [-0.1, -0.05) is 0 Å². The Kier molecular flexibility index (Phi) is 14.4. The number of thiazole rings is 1. The molecule has 1 heterocycles. The number of carbonyl (C=O) groups is 3. The van der Waals surface area contributed by atoms with Crippen LogP contribution in [0.3, 0.4) is 0 Å². The lowest BCUT2D eigenvalue weighted by molar-refractivity contribution is -0.119. The van der Waals surface area contributed by atoms with E-state index in [-0.39, 0.29) is 18.4 Å². The second-order valence-corrected chi connectivity index (χ2v) is 11.0. The highest BCUT2D eigenvalue weighted by Gasteiger charge is 2.15. The predicted molar refractivity (Wildman–Crippen MR) is 154 cm³/mol. The summed E-state index contributed by atoms with van der Waals surface area (Å²) in [6.07, 6.45) is 1.24. The number of amides is 3. The number of hydrogen-bond donors (Lipinski definition) is 4. The molecule has 0 bridgehead atoms. The van der Waals surface area contributed by atoms with E-state index in [1.807, 2.05) is 19.9 Å². The Morgan fingerprint density at radius 1 is 0.900 bits per heavy atom. The van der Waals surface area contributed by atoms with Crippen molar-refractivity contribution in [2.45, 2.75) is 40.2 Å². The highest BCUT2D eigenvalue weighted by molar-refractivity contribution is 7.15. The molecule has 0 aliphatic rings. The lowest BCUT2D eigenvalue weighted by Crippen LogP contribution is -2.34. The fraction of sp³-hybridized carbons (Fsp3) is 0.556. The zero-order valence-electron chi connectivity index (χ0n) is 23.9. The summed E-state index contributed by atoms with van der Waals surface area (Å²) in [6, 6.07) is 5.30. The van der Waals surface area contributed by atoms with Gasteiger partial charge in [0.05, 0.1) is 46.2 Å². The summed E-state index contributed by atoms with van der Waals surface area (Å²) in [6.45, 7) is 12.4. The van der Waals surface area contributed by atoms with Crippen molar-refractivity contribution in [2.75, 3.05) is 69.9 Å². The van der Waals surface area contributed by atoms with E-state index in [0.29, 0.717) is 63.4 Å². The van der Waals surface area contributed by atoms with E-state index in [1.165, 1.54) is 11.3 Å². The SMILES string of the molecule is Cc1cnc(NC(=O)c2ccc(NCC(=O)NCCOCCOCCOCCNC(=O)OC(C)(C)C)cc2C)s1. The van der Waals surface area contributed by atoms with E-state index in [4.69, 9.17) is 18.9 Å². The first kappa shape index (κ1) is 32.9. The quantitative estimate of drug-likeness (QED) is 0.207. The first-order chi connectivity index (χ1) is 19.0. The zero-order valence-corrected chi connectivity index (χ0v) is 24.7. The third kappa shape index (κ3) is 14.2. The molecule has 0 spiro atoms. The molecule has 0 atom stereocenters. The molecule has 0 saturated heterocycles. The van der Waals surface area contributed by atoms with Crippen LogP contribution in [-0.4, -0.2) is 87.8 Å². The smallest absolute Gasteiger partial charge is 0.407 e. The normalized spacial score (nSPS) is 11.1. The molecule has 40 heavy (non-hydrogen) atoms. The number of nitrogens with zero attached hydrogens (tertiary/aromatic N) is 1. The molecule has 0 saturated carbocycles. The van der Waals surface area contributed by atoms with Crippen LogP contribution in [0.4, 0.5) is 15.6 Å². The number of anilines is 2. The molecule has 0 fully saturated rings. The van der Waals surface area contributed by atoms with Gasteiger partial charge in [-0.25, -0.2) is 9.78 Å². The molecule has 0 aliphatic heterocycles. The van der Waals surface area contributed by atoms with Crippen molar-refractivity contribution in [3.63, 3.8) is 0 Å². The first-order valence-corrected chi connectivity index (χ1v) is 13.9. The summed E-state index contributed by atoms with van der Waals surface area (Å²) in [4.78, 5) is 41.2. The van der Waals surface area contributed by atoms with Crippen molar-refractivity contribution in [1.82, 2.24) is 15.6 Å². The molecule has 0 aliphatic carbocycles. The van der Waals surface area contributed by atoms with Crippen LogP contribution in [-0.2, 0) is 23.7 Å². The van der Waals surface area contributed by atoms with Crippen LogP contribution in [0.15, 0.2) is 24.4 Å². The average molecular weight is 580 g/mol. The molecule has 3 amide bonds. The van der Waals surface area contributed by atoms with Gasteiger partial charge in [0.2, 0.25) is 5.91 Å². The van der Waals surface area contributed by atoms with Crippen molar-refractivity contribution in [2.24, 2.45) is 0 Å². The predicted octanol–water partition coefficient (Wildman–Crippen LogP) is 3.11. The van der Waals surface area contributed by atoms with Crippen molar-refractivity contribution in [3.05, 3.63) is 40.4 Å². The molecule has 2 rings (SSSR count). The number of carbonyl (C=O) groups excluding carboxylic acids is 3. The Hall–Kier alpha value is -3.26. The molecule has 0 unspecified atom stereocenters. The number of rotatable bonds is 17. The van der Waals surface area contributed by atoms with E-state index >= 15 is 0 Å². The van der Waals surface area contributed by atoms with Gasteiger partial charge in [-0.3, -0.25) is 14.9 Å². The van der Waals surface area contributed by atoms with E-state index in [1.54, 1.807) is 39.1 Å². The Morgan fingerprint density at radius 2 is 1.52 bits per heavy atom. The lowest BCUT2D eigenvalue weighted by Gasteiger charge is -2.19. The molecule has 0 radical (unpaired) electrons. The molecule has 4 N–H and O–H groups in total. The Bertz CT molecular complexity index is 1090. The first-order valence-electron chi connectivity index (χ1n) is 13.1. The maximum Gasteiger partial charge on any atom is 0.407 e. The van der Waals surface area contributed by atoms with Gasteiger partial charge in [0.1, 0.15) is 5.60 Å². The van der Waals surface area contributed by atoms with Crippen LogP contribution >= 0.6 is 11.3 Å². The lowest BCUT2D eigenvalue weighted by atomic mass is 10.1. The Balaban J connectivity index is 1.45. The largest absolute Gasteiger partial charge is 0.444 e. The molecule has 12 nitrogen and oxygen atoms in total. The van der Waals surface area contributed by atoms with E-state index in [2.05, 4.69) is 26.3 Å². The van der Waals surface area contributed by atoms with Crippen LogP contribution in [0.5, 0.6) is 0 Å². The van der Waals surface area contributed by atoms with Crippen molar-refractivity contribution >= 4 is 40.1 Å². The summed E-state index contributed by atoms with van der Waals surface area (Å²) < 4.78 is 21.4. The van der Waals surface area contributed by atoms with Crippen LogP contribution in [0, 0.1) is 13.8 Å². The Morgan fingerprint density at radius 3 is 2.10 bits per heavy atom. The van der Waals surface area contributed by atoms with Crippen LogP contribution in [0.1, 0.15) is 41.6 Å². The van der Waals surface area contributed by atoms with Crippen molar-refractivity contribution in [3.8, 4) is 0 Å². The third-order valence-electron chi connectivity index (χ3n) is 4.99. The summed E-state index contributed by atoms with van der Waals surface area (Å²) in [7, 11) is 0. The van der Waals surface area contributed by atoms with Crippen molar-refractivity contribution in [1.29, 1.82) is 0 Å². The van der Waals surface area contributed by atoms with Gasteiger partial charge in [0.25, 0.3) is 5.91 Å². The van der Waals surface area contributed by atoms with E-state index in [0.717, 1.165) is 16.1 Å². The van der Waals surface area contributed by atoms with Gasteiger partial charge >= 0.3 is 6.09 Å². The highest BCUT2D eigenvalue weighted by Crippen LogP contribution is 2.20. The van der Waals surface area contributed by atoms with Gasteiger partial charge in [-0.2, -0.15) is 0 Å². The van der Waals surface area contributed by atoms with E-state index < -0.39 is 11.7 Å². The van der Waals surface area contributed by atoms with Crippen LogP contribution in [0.25, 0.3) is 0 Å². The molecule has 1 aromatic heterocycles. The topological polar surface area (TPSA) is 149 Å². The van der Waals surface area contributed by atoms with Crippen LogP contribution < -0.4 is 21.3 Å². The summed E-state index contributed by atoms with van der Waals surface area (Å²) >= 11 is 1.42. The van der Waals surface area contributed by atoms with Crippen LogP contribution in [0.2, 0.25) is 0 Å². The van der Waals surface area contributed by atoms with Gasteiger partial charge in [0, 0.05) is 35.4 Å².